The minimum absolute atomic E-state index is 0.288. The SMILES string of the molecule is CN1CCN(CC2CCOC2)C1=C(Cl)[N+](=O)[O-]. The van der Waals surface area contributed by atoms with E-state index in [9.17, 15) is 10.1 Å². The van der Waals surface area contributed by atoms with E-state index in [1.165, 1.54) is 0 Å². The number of ether oxygens (including phenoxy) is 1. The van der Waals surface area contributed by atoms with Crippen LogP contribution in [0.15, 0.2) is 11.0 Å². The van der Waals surface area contributed by atoms with Gasteiger partial charge in [0.1, 0.15) is 0 Å². The Labute approximate surface area is 105 Å². The maximum absolute atomic E-state index is 10.8. The highest BCUT2D eigenvalue weighted by molar-refractivity contribution is 6.28. The predicted molar refractivity (Wildman–Crippen MR) is 63.0 cm³/mol. The highest BCUT2D eigenvalue weighted by Crippen LogP contribution is 2.26. The van der Waals surface area contributed by atoms with E-state index in [2.05, 4.69) is 0 Å². The number of hydrogen-bond donors (Lipinski definition) is 0. The molecule has 0 amide bonds. The van der Waals surface area contributed by atoms with E-state index in [1.807, 2.05) is 16.8 Å². The first kappa shape index (κ1) is 12.4. The molecule has 6 nitrogen and oxygen atoms in total. The average molecular weight is 262 g/mol. The first-order chi connectivity index (χ1) is 8.09. The van der Waals surface area contributed by atoms with Gasteiger partial charge in [-0.15, -0.1) is 0 Å². The molecule has 0 N–H and O–H groups in total. The molecule has 2 saturated heterocycles. The van der Waals surface area contributed by atoms with E-state index in [-0.39, 0.29) is 5.16 Å². The monoisotopic (exact) mass is 261 g/mol. The van der Waals surface area contributed by atoms with Gasteiger partial charge in [0.15, 0.2) is 5.82 Å². The van der Waals surface area contributed by atoms with Crippen LogP contribution in [0.2, 0.25) is 0 Å². The highest BCUT2D eigenvalue weighted by atomic mass is 35.5. The summed E-state index contributed by atoms with van der Waals surface area (Å²) in [5, 5.41) is 10.5. The molecule has 0 aromatic rings. The molecule has 2 fully saturated rings. The van der Waals surface area contributed by atoms with Gasteiger partial charge < -0.3 is 14.5 Å². The fourth-order valence-corrected chi connectivity index (χ4v) is 2.57. The molecule has 17 heavy (non-hydrogen) atoms. The van der Waals surface area contributed by atoms with Crippen LogP contribution in [-0.4, -0.2) is 54.6 Å². The Bertz CT molecular complexity index is 342. The molecule has 1 atom stereocenters. The number of nitrogens with zero attached hydrogens (tertiary/aromatic N) is 3. The van der Waals surface area contributed by atoms with E-state index >= 15 is 0 Å². The molecule has 0 saturated carbocycles. The van der Waals surface area contributed by atoms with Gasteiger partial charge in [-0.2, -0.15) is 0 Å². The Morgan fingerprint density at radius 2 is 2.41 bits per heavy atom. The van der Waals surface area contributed by atoms with Crippen LogP contribution in [0.1, 0.15) is 6.42 Å². The second kappa shape index (κ2) is 5.10. The van der Waals surface area contributed by atoms with Crippen molar-refractivity contribution >= 4 is 11.6 Å². The quantitative estimate of drug-likeness (QED) is 0.429. The van der Waals surface area contributed by atoms with Crippen molar-refractivity contribution in [2.24, 2.45) is 5.92 Å². The molecule has 96 valence electrons. The van der Waals surface area contributed by atoms with Gasteiger partial charge in [0.25, 0.3) is 0 Å². The van der Waals surface area contributed by atoms with Crippen LogP contribution in [0.25, 0.3) is 0 Å². The molecule has 7 heteroatoms. The van der Waals surface area contributed by atoms with Crippen molar-refractivity contribution in [2.45, 2.75) is 6.42 Å². The Morgan fingerprint density at radius 1 is 1.65 bits per heavy atom. The topological polar surface area (TPSA) is 58.8 Å². The molecule has 2 rings (SSSR count). The standard InChI is InChI=1S/C10H16ClN3O3/c1-12-3-4-13(6-8-2-5-17-7-8)10(12)9(11)14(15)16/h8H,2-7H2,1H3. The minimum atomic E-state index is -0.531. The number of likely N-dealkylation sites (N-methyl/N-ethyl adjacent to an activating group) is 1. The maximum Gasteiger partial charge on any atom is 0.377 e. The molecule has 2 aliphatic rings. The average Bonchev–Trinajstić information content (AvgIpc) is 2.89. The third kappa shape index (κ3) is 2.63. The summed E-state index contributed by atoms with van der Waals surface area (Å²) in [5.41, 5.74) is 0. The zero-order valence-corrected chi connectivity index (χ0v) is 10.5. The molecule has 2 heterocycles. The zero-order valence-electron chi connectivity index (χ0n) is 9.76. The van der Waals surface area contributed by atoms with Crippen molar-refractivity contribution in [3.8, 4) is 0 Å². The number of nitro groups is 1. The third-order valence-electron chi connectivity index (χ3n) is 3.21. The molecule has 1 unspecified atom stereocenters. The molecule has 0 aromatic heterocycles. The van der Waals surface area contributed by atoms with Crippen molar-refractivity contribution < 1.29 is 9.66 Å². The van der Waals surface area contributed by atoms with Gasteiger partial charge in [0.2, 0.25) is 0 Å². The first-order valence-electron chi connectivity index (χ1n) is 5.67. The normalized spacial score (nSPS) is 27.8. The molecule has 2 aliphatic heterocycles. The van der Waals surface area contributed by atoms with Gasteiger partial charge in [0.05, 0.1) is 11.5 Å². The van der Waals surface area contributed by atoms with E-state index < -0.39 is 4.92 Å². The van der Waals surface area contributed by atoms with E-state index in [4.69, 9.17) is 16.3 Å². The largest absolute Gasteiger partial charge is 0.381 e. The van der Waals surface area contributed by atoms with Gasteiger partial charge in [-0.1, -0.05) is 0 Å². The number of rotatable bonds is 3. The van der Waals surface area contributed by atoms with Gasteiger partial charge >= 0.3 is 5.16 Å². The van der Waals surface area contributed by atoms with Crippen LogP contribution < -0.4 is 0 Å². The van der Waals surface area contributed by atoms with Gasteiger partial charge in [-0.25, -0.2) is 0 Å². The van der Waals surface area contributed by atoms with Crippen LogP contribution in [0, 0.1) is 16.0 Å². The molecule has 0 aliphatic carbocycles. The Morgan fingerprint density at radius 3 is 3.00 bits per heavy atom. The summed E-state index contributed by atoms with van der Waals surface area (Å²) in [6.45, 7) is 3.86. The summed E-state index contributed by atoms with van der Waals surface area (Å²) in [6, 6.07) is 0. The Hall–Kier alpha value is -1.01. The van der Waals surface area contributed by atoms with Crippen molar-refractivity contribution in [2.75, 3.05) is 39.9 Å². The Balaban J connectivity index is 2.10. The summed E-state index contributed by atoms with van der Waals surface area (Å²) < 4.78 is 5.31. The lowest BCUT2D eigenvalue weighted by atomic mass is 10.1. The van der Waals surface area contributed by atoms with Gasteiger partial charge in [0, 0.05) is 39.2 Å². The van der Waals surface area contributed by atoms with Crippen molar-refractivity contribution in [3.63, 3.8) is 0 Å². The fourth-order valence-electron chi connectivity index (χ4n) is 2.31. The van der Waals surface area contributed by atoms with E-state index in [1.54, 1.807) is 0 Å². The van der Waals surface area contributed by atoms with Crippen LogP contribution >= 0.6 is 11.6 Å². The van der Waals surface area contributed by atoms with Crippen molar-refractivity contribution in [1.29, 1.82) is 0 Å². The summed E-state index contributed by atoms with van der Waals surface area (Å²) in [7, 11) is 1.83. The van der Waals surface area contributed by atoms with Crippen molar-refractivity contribution in [3.05, 3.63) is 21.1 Å². The van der Waals surface area contributed by atoms with Crippen molar-refractivity contribution in [1.82, 2.24) is 9.80 Å². The molecular weight excluding hydrogens is 246 g/mol. The minimum Gasteiger partial charge on any atom is -0.381 e. The second-order valence-electron chi connectivity index (χ2n) is 4.47. The zero-order chi connectivity index (χ0) is 12.4. The molecule has 0 aromatic carbocycles. The van der Waals surface area contributed by atoms with Crippen LogP contribution in [0.3, 0.4) is 0 Å². The third-order valence-corrected chi connectivity index (χ3v) is 3.52. The van der Waals surface area contributed by atoms with E-state index in [0.717, 1.165) is 39.3 Å². The molecule has 0 radical (unpaired) electrons. The predicted octanol–water partition coefficient (Wildman–Crippen LogP) is 0.912. The number of hydrogen-bond acceptors (Lipinski definition) is 5. The smallest absolute Gasteiger partial charge is 0.377 e. The fraction of sp³-hybridized carbons (Fsp3) is 0.800. The Kier molecular flexibility index (Phi) is 3.73. The van der Waals surface area contributed by atoms with Crippen LogP contribution in [0.5, 0.6) is 0 Å². The summed E-state index contributed by atoms with van der Waals surface area (Å²) in [5.74, 6) is 0.983. The van der Waals surface area contributed by atoms with Gasteiger partial charge in [-0.05, 0) is 18.0 Å². The second-order valence-corrected chi connectivity index (χ2v) is 4.83. The van der Waals surface area contributed by atoms with Gasteiger partial charge in [-0.3, -0.25) is 10.1 Å². The van der Waals surface area contributed by atoms with E-state index in [0.29, 0.717) is 11.7 Å². The first-order valence-corrected chi connectivity index (χ1v) is 6.05. The maximum atomic E-state index is 10.8. The molecular formula is C10H16ClN3O3. The molecule has 0 bridgehead atoms. The lowest BCUT2D eigenvalue weighted by molar-refractivity contribution is -0.415. The highest BCUT2D eigenvalue weighted by Gasteiger charge is 2.32. The number of halogens is 1. The summed E-state index contributed by atoms with van der Waals surface area (Å²) in [6.07, 6.45) is 1.02. The van der Waals surface area contributed by atoms with Crippen LogP contribution in [0.4, 0.5) is 0 Å². The summed E-state index contributed by atoms with van der Waals surface area (Å²) >= 11 is 5.76. The van der Waals surface area contributed by atoms with Crippen LogP contribution in [-0.2, 0) is 4.74 Å². The lowest BCUT2D eigenvalue weighted by Crippen LogP contribution is -2.29. The summed E-state index contributed by atoms with van der Waals surface area (Å²) in [4.78, 5) is 14.0. The lowest BCUT2D eigenvalue weighted by Gasteiger charge is -2.23. The molecule has 0 spiro atoms.